The first-order chi connectivity index (χ1) is 19.4. The molecule has 2 N–H and O–H groups in total. The van der Waals surface area contributed by atoms with Crippen LogP contribution in [0.1, 0.15) is 28.8 Å². The summed E-state index contributed by atoms with van der Waals surface area (Å²) in [5, 5.41) is 6.26. The number of hydrogen-bond donors (Lipinski definition) is 2. The van der Waals surface area contributed by atoms with Gasteiger partial charge in [-0.05, 0) is 67.3 Å². The number of ether oxygens (including phenoxy) is 2. The fourth-order valence-corrected chi connectivity index (χ4v) is 4.45. The maximum absolute atomic E-state index is 13.2. The lowest BCUT2D eigenvalue weighted by atomic mass is 10.1. The van der Waals surface area contributed by atoms with Crippen molar-refractivity contribution in [2.75, 3.05) is 32.8 Å². The highest BCUT2D eigenvalue weighted by Gasteiger charge is 2.22. The molecule has 0 aliphatic carbocycles. The molecule has 0 saturated heterocycles. The molecule has 0 spiro atoms. The molecule has 0 radical (unpaired) electrons. The van der Waals surface area contributed by atoms with Crippen LogP contribution in [0.4, 0.5) is 4.39 Å². The third-order valence-corrected chi connectivity index (χ3v) is 6.55. The summed E-state index contributed by atoms with van der Waals surface area (Å²) in [6.07, 6.45) is 1.59. The molecule has 0 bridgehead atoms. The quantitative estimate of drug-likeness (QED) is 0.485. The van der Waals surface area contributed by atoms with Crippen LogP contribution in [0.25, 0.3) is 0 Å². The lowest BCUT2D eigenvalue weighted by molar-refractivity contribution is -0.138. The van der Waals surface area contributed by atoms with Gasteiger partial charge in [0.15, 0.2) is 6.61 Å². The summed E-state index contributed by atoms with van der Waals surface area (Å²) in [5.74, 6) is -0.755. The van der Waals surface area contributed by atoms with Gasteiger partial charge in [0.05, 0.1) is 18.2 Å². The van der Waals surface area contributed by atoms with Crippen LogP contribution in [-0.2, 0) is 16.0 Å². The molecule has 0 unspecified atom stereocenters. The normalized spacial score (nSPS) is 16.9. The third kappa shape index (κ3) is 8.71. The Morgan fingerprint density at radius 1 is 1.05 bits per heavy atom. The van der Waals surface area contributed by atoms with E-state index in [2.05, 4.69) is 10.6 Å². The van der Waals surface area contributed by atoms with E-state index in [0.717, 1.165) is 5.56 Å². The summed E-state index contributed by atoms with van der Waals surface area (Å²) in [6.45, 7) is 0.265. The number of rotatable bonds is 5. The second kappa shape index (κ2) is 14.3. The van der Waals surface area contributed by atoms with Crippen molar-refractivity contribution in [3.05, 3.63) is 94.8 Å². The first-order valence-electron chi connectivity index (χ1n) is 13.1. The Hall–Kier alpha value is -4.11. The molecular weight excluding hydrogens is 537 g/mol. The zero-order valence-corrected chi connectivity index (χ0v) is 22.7. The third-order valence-electron chi connectivity index (χ3n) is 6.32. The van der Waals surface area contributed by atoms with Crippen molar-refractivity contribution >= 4 is 29.3 Å². The lowest BCUT2D eigenvalue weighted by Gasteiger charge is -2.25. The van der Waals surface area contributed by atoms with Crippen molar-refractivity contribution in [2.45, 2.75) is 25.3 Å². The van der Waals surface area contributed by atoms with Gasteiger partial charge in [-0.3, -0.25) is 14.4 Å². The summed E-state index contributed by atoms with van der Waals surface area (Å²) < 4.78 is 24.7. The number of benzene rings is 3. The molecule has 8 nitrogen and oxygen atoms in total. The van der Waals surface area contributed by atoms with Gasteiger partial charge in [0.1, 0.15) is 23.9 Å². The smallest absolute Gasteiger partial charge is 0.260 e. The minimum absolute atomic E-state index is 0.0875. The molecule has 1 atom stereocenters. The van der Waals surface area contributed by atoms with Gasteiger partial charge < -0.3 is 25.0 Å². The topological polar surface area (TPSA) is 97.0 Å². The molecule has 1 aliphatic rings. The molecule has 1 aliphatic heterocycles. The SMILES string of the molecule is O=C1CN(C(=O)COc2ccc(F)cc2)CCCCNC(=O)c2cc(Cl)ccc2OC[C@@H](Cc2ccccc2)N1. The van der Waals surface area contributed by atoms with Gasteiger partial charge in [-0.1, -0.05) is 41.9 Å². The fourth-order valence-electron chi connectivity index (χ4n) is 4.28. The number of carbonyl (C=O) groups is 3. The molecule has 3 amide bonds. The van der Waals surface area contributed by atoms with Crippen molar-refractivity contribution in [2.24, 2.45) is 0 Å². The zero-order valence-electron chi connectivity index (χ0n) is 21.9. The van der Waals surface area contributed by atoms with Crippen LogP contribution >= 0.6 is 11.6 Å². The highest BCUT2D eigenvalue weighted by molar-refractivity contribution is 6.31. The Labute approximate surface area is 237 Å². The molecule has 3 aromatic rings. The predicted octanol–water partition coefficient (Wildman–Crippen LogP) is 4.02. The van der Waals surface area contributed by atoms with Crippen LogP contribution < -0.4 is 20.1 Å². The number of nitrogens with zero attached hydrogens (tertiary/aromatic N) is 1. The number of amides is 3. The van der Waals surface area contributed by atoms with Gasteiger partial charge >= 0.3 is 0 Å². The van der Waals surface area contributed by atoms with Crippen molar-refractivity contribution in [3.63, 3.8) is 0 Å². The predicted molar refractivity (Wildman–Crippen MR) is 149 cm³/mol. The minimum Gasteiger partial charge on any atom is -0.491 e. The molecule has 10 heteroatoms. The van der Waals surface area contributed by atoms with Crippen LogP contribution in [0.3, 0.4) is 0 Å². The van der Waals surface area contributed by atoms with Gasteiger partial charge in [0.25, 0.3) is 11.8 Å². The second-order valence-electron chi connectivity index (χ2n) is 9.43. The van der Waals surface area contributed by atoms with Crippen molar-refractivity contribution < 1.29 is 28.2 Å². The summed E-state index contributed by atoms with van der Waals surface area (Å²) in [7, 11) is 0. The molecule has 40 heavy (non-hydrogen) atoms. The number of fused-ring (bicyclic) bond motifs is 1. The second-order valence-corrected chi connectivity index (χ2v) is 9.86. The number of hydrogen-bond acceptors (Lipinski definition) is 5. The molecule has 0 aromatic heterocycles. The van der Waals surface area contributed by atoms with Gasteiger partial charge in [-0.15, -0.1) is 0 Å². The Morgan fingerprint density at radius 3 is 2.60 bits per heavy atom. The highest BCUT2D eigenvalue weighted by atomic mass is 35.5. The van der Waals surface area contributed by atoms with E-state index in [1.165, 1.54) is 29.2 Å². The van der Waals surface area contributed by atoms with E-state index >= 15 is 0 Å². The minimum atomic E-state index is -0.445. The van der Waals surface area contributed by atoms with Crippen molar-refractivity contribution in [1.29, 1.82) is 0 Å². The maximum atomic E-state index is 13.2. The van der Waals surface area contributed by atoms with Gasteiger partial charge in [-0.25, -0.2) is 4.39 Å². The van der Waals surface area contributed by atoms with Crippen LogP contribution in [-0.4, -0.2) is 61.5 Å². The number of nitrogens with one attached hydrogen (secondary N) is 2. The maximum Gasteiger partial charge on any atom is 0.260 e. The van der Waals surface area contributed by atoms with E-state index in [4.69, 9.17) is 21.1 Å². The average Bonchev–Trinajstić information content (AvgIpc) is 2.95. The average molecular weight is 568 g/mol. The van der Waals surface area contributed by atoms with Crippen molar-refractivity contribution in [3.8, 4) is 11.5 Å². The summed E-state index contributed by atoms with van der Waals surface area (Å²) >= 11 is 6.15. The van der Waals surface area contributed by atoms with Crippen LogP contribution in [0.2, 0.25) is 5.02 Å². The van der Waals surface area contributed by atoms with Gasteiger partial charge in [0, 0.05) is 18.1 Å². The summed E-state index contributed by atoms with van der Waals surface area (Å²) in [6, 6.07) is 19.4. The number of halogens is 2. The molecule has 3 aromatic carbocycles. The van der Waals surface area contributed by atoms with Crippen LogP contribution in [0, 0.1) is 5.82 Å². The Balaban J connectivity index is 1.50. The largest absolute Gasteiger partial charge is 0.491 e. The van der Waals surface area contributed by atoms with Gasteiger partial charge in [-0.2, -0.15) is 0 Å². The first kappa shape index (κ1) is 28.9. The van der Waals surface area contributed by atoms with Gasteiger partial charge in [0.2, 0.25) is 5.91 Å². The molecular formula is C30H31ClFN3O5. The van der Waals surface area contributed by atoms with E-state index in [-0.39, 0.29) is 44.0 Å². The van der Waals surface area contributed by atoms with E-state index in [0.29, 0.717) is 47.9 Å². The monoisotopic (exact) mass is 567 g/mol. The zero-order chi connectivity index (χ0) is 28.3. The van der Waals surface area contributed by atoms with Crippen LogP contribution in [0.15, 0.2) is 72.8 Å². The van der Waals surface area contributed by atoms with E-state index in [9.17, 15) is 18.8 Å². The van der Waals surface area contributed by atoms with Crippen LogP contribution in [0.5, 0.6) is 11.5 Å². The van der Waals surface area contributed by atoms with E-state index < -0.39 is 11.9 Å². The Kier molecular flexibility index (Phi) is 10.3. The Morgan fingerprint density at radius 2 is 1.82 bits per heavy atom. The van der Waals surface area contributed by atoms with E-state index in [1.807, 2.05) is 30.3 Å². The Bertz CT molecular complexity index is 1310. The molecule has 0 fully saturated rings. The summed E-state index contributed by atoms with van der Waals surface area (Å²) in [5.41, 5.74) is 1.30. The lowest BCUT2D eigenvalue weighted by Crippen LogP contribution is -2.48. The van der Waals surface area contributed by atoms with E-state index in [1.54, 1.807) is 18.2 Å². The molecule has 210 valence electrons. The number of carbonyl (C=O) groups excluding carboxylic acids is 3. The fraction of sp³-hybridized carbons (Fsp3) is 0.300. The molecule has 1 heterocycles. The summed E-state index contributed by atoms with van der Waals surface area (Å²) in [4.78, 5) is 40.5. The standard InChI is InChI=1S/C30H31ClFN3O5/c31-22-8-13-27-26(17-22)30(38)33-14-4-5-15-35(29(37)20-39-25-11-9-23(32)10-12-25)18-28(36)34-24(19-40-27)16-21-6-2-1-3-7-21/h1-3,6-13,17,24H,4-5,14-16,18-20H2,(H,33,38)(H,34,36)/t24-/m1/s1. The molecule has 0 saturated carbocycles. The first-order valence-corrected chi connectivity index (χ1v) is 13.4. The van der Waals surface area contributed by atoms with Crippen molar-refractivity contribution in [1.82, 2.24) is 15.5 Å². The highest BCUT2D eigenvalue weighted by Crippen LogP contribution is 2.23. The molecule has 4 rings (SSSR count).